The maximum atomic E-state index is 11.5. The zero-order chi connectivity index (χ0) is 24.8. The van der Waals surface area contributed by atoms with Crippen molar-refractivity contribution in [2.24, 2.45) is 0 Å². The van der Waals surface area contributed by atoms with Gasteiger partial charge >= 0.3 is 36.1 Å². The zero-order valence-corrected chi connectivity index (χ0v) is 17.0. The normalized spacial score (nSPS) is 10.7. The number of rotatable bonds is 17. The van der Waals surface area contributed by atoms with E-state index in [-0.39, 0.29) is 39.3 Å². The lowest BCUT2D eigenvalue weighted by Gasteiger charge is -2.28. The summed E-state index contributed by atoms with van der Waals surface area (Å²) in [5.41, 5.74) is 0. The number of amides is 2. The molecule has 0 fully saturated rings. The van der Waals surface area contributed by atoms with E-state index in [0.29, 0.717) is 4.90 Å². The molecular formula is C16H26N4O12. The summed E-state index contributed by atoms with van der Waals surface area (Å²) in [7, 11) is 0. The number of carboxylic acid groups (broad SMARTS) is 6. The number of hydrogen-bond donors (Lipinski definition) is 6. The number of hydrogen-bond acceptors (Lipinski definition) is 8. The van der Waals surface area contributed by atoms with Crippen LogP contribution in [0, 0.1) is 0 Å². The van der Waals surface area contributed by atoms with Crippen LogP contribution in [0.2, 0.25) is 0 Å². The lowest BCUT2D eigenvalue weighted by atomic mass is 10.3. The highest BCUT2D eigenvalue weighted by atomic mass is 16.4. The third-order valence-corrected chi connectivity index (χ3v) is 4.00. The first-order valence-corrected chi connectivity index (χ1v) is 9.09. The van der Waals surface area contributed by atoms with Gasteiger partial charge in [-0.25, -0.2) is 9.59 Å². The van der Waals surface area contributed by atoms with Gasteiger partial charge in [0.2, 0.25) is 0 Å². The van der Waals surface area contributed by atoms with Crippen molar-refractivity contribution < 1.29 is 59.4 Å². The smallest absolute Gasteiger partial charge is 0.407 e. The van der Waals surface area contributed by atoms with Crippen LogP contribution < -0.4 is 0 Å². The monoisotopic (exact) mass is 466 g/mol. The molecule has 0 aromatic rings. The summed E-state index contributed by atoms with van der Waals surface area (Å²) in [5.74, 6) is -5.28. The van der Waals surface area contributed by atoms with Crippen molar-refractivity contribution >= 4 is 36.1 Å². The molecule has 0 rings (SSSR count). The van der Waals surface area contributed by atoms with Gasteiger partial charge in [0.1, 0.15) is 6.54 Å². The van der Waals surface area contributed by atoms with Crippen LogP contribution in [0.25, 0.3) is 0 Å². The van der Waals surface area contributed by atoms with Crippen LogP contribution in [0.1, 0.15) is 0 Å². The average molecular weight is 466 g/mol. The van der Waals surface area contributed by atoms with E-state index < -0.39 is 62.2 Å². The molecule has 0 unspecified atom stereocenters. The van der Waals surface area contributed by atoms with Gasteiger partial charge in [0, 0.05) is 39.3 Å². The summed E-state index contributed by atoms with van der Waals surface area (Å²) in [6.45, 7) is -4.06. The van der Waals surface area contributed by atoms with Crippen LogP contribution in [-0.4, -0.2) is 152 Å². The SMILES string of the molecule is O=C(O)CN(CCN(CCN(CC(=O)O)CC(=O)O)C(=O)O)CCN(CC(=O)O)C(=O)O. The molecule has 32 heavy (non-hydrogen) atoms. The molecule has 0 spiro atoms. The Hall–Kier alpha value is -3.66. The molecule has 6 N–H and O–H groups in total. The minimum absolute atomic E-state index is 0.156. The molecule has 0 aromatic heterocycles. The average Bonchev–Trinajstić information content (AvgIpc) is 2.62. The van der Waals surface area contributed by atoms with E-state index in [2.05, 4.69) is 0 Å². The van der Waals surface area contributed by atoms with Crippen molar-refractivity contribution in [3.8, 4) is 0 Å². The first-order chi connectivity index (χ1) is 14.8. The second kappa shape index (κ2) is 14.4. The van der Waals surface area contributed by atoms with Crippen molar-refractivity contribution in [2.45, 2.75) is 0 Å². The molecule has 0 aliphatic heterocycles. The van der Waals surface area contributed by atoms with Crippen molar-refractivity contribution in [3.05, 3.63) is 0 Å². The van der Waals surface area contributed by atoms with Crippen LogP contribution in [-0.2, 0) is 19.2 Å². The summed E-state index contributed by atoms with van der Waals surface area (Å²) in [6, 6.07) is 0. The van der Waals surface area contributed by atoms with E-state index >= 15 is 0 Å². The minimum Gasteiger partial charge on any atom is -0.480 e. The maximum absolute atomic E-state index is 11.5. The molecule has 16 heteroatoms. The van der Waals surface area contributed by atoms with E-state index in [4.69, 9.17) is 25.5 Å². The minimum atomic E-state index is -1.52. The van der Waals surface area contributed by atoms with E-state index in [0.717, 1.165) is 9.80 Å². The first kappa shape index (κ1) is 28.3. The van der Waals surface area contributed by atoms with Crippen LogP contribution in [0.3, 0.4) is 0 Å². The van der Waals surface area contributed by atoms with E-state index in [9.17, 15) is 33.9 Å². The van der Waals surface area contributed by atoms with Gasteiger partial charge in [0.15, 0.2) is 0 Å². The fourth-order valence-corrected chi connectivity index (χ4v) is 2.55. The molecule has 0 bridgehead atoms. The van der Waals surface area contributed by atoms with Crippen molar-refractivity contribution in [1.82, 2.24) is 19.6 Å². The number of aliphatic carboxylic acids is 4. The summed E-state index contributed by atoms with van der Waals surface area (Å²) < 4.78 is 0. The molecule has 0 atom stereocenters. The van der Waals surface area contributed by atoms with Crippen LogP contribution >= 0.6 is 0 Å². The number of carbonyl (C=O) groups is 6. The molecule has 16 nitrogen and oxygen atoms in total. The lowest BCUT2D eigenvalue weighted by molar-refractivity contribution is -0.142. The standard InChI is InChI=1S/C16H26N4O12/c21-11(22)7-17(2-6-20(16(31)32)10-14(27)28)1-4-19(15(29)30)5-3-18(8-12(23)24)9-13(25)26/h1-10H2,(H,21,22)(H,23,24)(H,25,26)(H,27,28)(H,29,30)(H,31,32). The molecular weight excluding hydrogens is 440 g/mol. The fraction of sp³-hybridized carbons (Fsp3) is 0.625. The molecule has 0 aliphatic rings. The highest BCUT2D eigenvalue weighted by Gasteiger charge is 2.21. The molecule has 0 radical (unpaired) electrons. The number of carboxylic acids is 4. The number of nitrogens with zero attached hydrogens (tertiary/aromatic N) is 4. The molecule has 0 aliphatic carbocycles. The Labute approximate surface area is 181 Å². The Morgan fingerprint density at radius 1 is 0.406 bits per heavy atom. The summed E-state index contributed by atoms with van der Waals surface area (Å²) in [4.78, 5) is 69.6. The van der Waals surface area contributed by atoms with Crippen LogP contribution in [0.5, 0.6) is 0 Å². The predicted molar refractivity (Wildman–Crippen MR) is 103 cm³/mol. The van der Waals surface area contributed by atoms with Gasteiger partial charge in [0.25, 0.3) is 0 Å². The van der Waals surface area contributed by atoms with Gasteiger partial charge in [-0.05, 0) is 0 Å². The Bertz CT molecular complexity index is 685. The first-order valence-electron chi connectivity index (χ1n) is 9.09. The van der Waals surface area contributed by atoms with E-state index in [1.54, 1.807) is 0 Å². The molecule has 0 heterocycles. The van der Waals surface area contributed by atoms with Crippen molar-refractivity contribution in [3.63, 3.8) is 0 Å². The third kappa shape index (κ3) is 13.5. The van der Waals surface area contributed by atoms with Crippen LogP contribution in [0.4, 0.5) is 9.59 Å². The Morgan fingerprint density at radius 3 is 1.06 bits per heavy atom. The molecule has 2 amide bonds. The summed E-state index contributed by atoms with van der Waals surface area (Å²) in [6.07, 6.45) is -2.93. The van der Waals surface area contributed by atoms with E-state index in [1.165, 1.54) is 4.90 Å². The van der Waals surface area contributed by atoms with Crippen LogP contribution in [0.15, 0.2) is 0 Å². The Morgan fingerprint density at radius 2 is 0.719 bits per heavy atom. The highest BCUT2D eigenvalue weighted by Crippen LogP contribution is 1.99. The topological polar surface area (TPSA) is 237 Å². The summed E-state index contributed by atoms with van der Waals surface area (Å²) in [5, 5.41) is 53.7. The van der Waals surface area contributed by atoms with Crippen molar-refractivity contribution in [1.29, 1.82) is 0 Å². The highest BCUT2D eigenvalue weighted by molar-refractivity contribution is 5.75. The Balaban J connectivity index is 5.01. The van der Waals surface area contributed by atoms with E-state index in [1.807, 2.05) is 0 Å². The predicted octanol–water partition coefficient (Wildman–Crippen LogP) is -2.11. The van der Waals surface area contributed by atoms with Gasteiger partial charge in [0.05, 0.1) is 19.6 Å². The maximum Gasteiger partial charge on any atom is 0.407 e. The van der Waals surface area contributed by atoms with Gasteiger partial charge in [-0.3, -0.25) is 33.9 Å². The Kier molecular flexibility index (Phi) is 12.7. The van der Waals surface area contributed by atoms with Gasteiger partial charge in [-0.2, -0.15) is 0 Å². The zero-order valence-electron chi connectivity index (χ0n) is 17.0. The third-order valence-electron chi connectivity index (χ3n) is 4.00. The quantitative estimate of drug-likeness (QED) is 0.134. The lowest BCUT2D eigenvalue weighted by Crippen LogP contribution is -2.46. The van der Waals surface area contributed by atoms with Gasteiger partial charge in [-0.15, -0.1) is 0 Å². The van der Waals surface area contributed by atoms with Gasteiger partial charge < -0.3 is 35.5 Å². The van der Waals surface area contributed by atoms with Gasteiger partial charge in [-0.1, -0.05) is 0 Å². The van der Waals surface area contributed by atoms with Crippen molar-refractivity contribution in [2.75, 3.05) is 65.4 Å². The fourth-order valence-electron chi connectivity index (χ4n) is 2.55. The molecule has 0 saturated carbocycles. The molecule has 182 valence electrons. The molecule has 0 aromatic carbocycles. The largest absolute Gasteiger partial charge is 0.480 e. The molecule has 0 saturated heterocycles. The second-order valence-electron chi connectivity index (χ2n) is 6.54. The second-order valence-corrected chi connectivity index (χ2v) is 6.54. The summed E-state index contributed by atoms with van der Waals surface area (Å²) >= 11 is 0.